The van der Waals surface area contributed by atoms with Gasteiger partial charge in [-0.25, -0.2) is 0 Å². The largest absolute Gasteiger partial charge is 0.461 e. The molecule has 0 bridgehead atoms. The molecule has 1 aliphatic carbocycles. The number of rotatable bonds is 8. The van der Waals surface area contributed by atoms with E-state index in [2.05, 4.69) is 11.9 Å². The predicted molar refractivity (Wildman–Crippen MR) is 75.8 cm³/mol. The van der Waals surface area contributed by atoms with Crippen LogP contribution in [0.2, 0.25) is 0 Å². The van der Waals surface area contributed by atoms with Gasteiger partial charge in [0.25, 0.3) is 0 Å². The van der Waals surface area contributed by atoms with Gasteiger partial charge >= 0.3 is 5.97 Å². The van der Waals surface area contributed by atoms with E-state index in [0.29, 0.717) is 25.9 Å². The van der Waals surface area contributed by atoms with Crippen molar-refractivity contribution in [3.8, 4) is 0 Å². The Hall–Kier alpha value is -1.62. The summed E-state index contributed by atoms with van der Waals surface area (Å²) in [7, 11) is 0. The summed E-state index contributed by atoms with van der Waals surface area (Å²) in [6, 6.07) is 0. The van der Waals surface area contributed by atoms with Crippen LogP contribution in [0.4, 0.5) is 0 Å². The smallest absolute Gasteiger partial charge is 0.309 e. The Morgan fingerprint density at radius 3 is 2.70 bits per heavy atom. The maximum absolute atomic E-state index is 11.7. The molecule has 1 amide bonds. The van der Waals surface area contributed by atoms with E-state index in [1.807, 2.05) is 13.0 Å². The Labute approximate surface area is 120 Å². The summed E-state index contributed by atoms with van der Waals surface area (Å²) in [5.41, 5.74) is 0.961. The number of esters is 1. The van der Waals surface area contributed by atoms with Crippen molar-refractivity contribution >= 4 is 11.9 Å². The molecule has 1 aliphatic rings. The van der Waals surface area contributed by atoms with Gasteiger partial charge in [0.1, 0.15) is 13.3 Å². The standard InChI is InChI=1S/C15H23NO4/c1-4-6-11(3)9-19-15(18)12-7-13(8-12)20-10-16-14(17)5-2/h4,6,12-13H,1,5,7-10H2,2-3H3,(H,16,17)/b11-6+. The van der Waals surface area contributed by atoms with Gasteiger partial charge in [0, 0.05) is 6.42 Å². The molecule has 0 heterocycles. The van der Waals surface area contributed by atoms with Crippen molar-refractivity contribution in [3.05, 3.63) is 24.3 Å². The zero-order valence-electron chi connectivity index (χ0n) is 12.2. The minimum Gasteiger partial charge on any atom is -0.461 e. The zero-order chi connectivity index (χ0) is 15.0. The number of hydrogen-bond donors (Lipinski definition) is 1. The minimum absolute atomic E-state index is 0.0366. The lowest BCUT2D eigenvalue weighted by molar-refractivity contribution is -0.157. The fourth-order valence-corrected chi connectivity index (χ4v) is 1.81. The molecule has 0 radical (unpaired) electrons. The molecule has 0 atom stereocenters. The van der Waals surface area contributed by atoms with Crippen molar-refractivity contribution in [2.75, 3.05) is 13.3 Å². The SMILES string of the molecule is C=C/C=C(\C)COC(=O)C1CC(OCNC(=O)CC)C1. The average Bonchev–Trinajstić information content (AvgIpc) is 2.38. The van der Waals surface area contributed by atoms with Gasteiger partial charge in [-0.1, -0.05) is 25.7 Å². The van der Waals surface area contributed by atoms with E-state index >= 15 is 0 Å². The van der Waals surface area contributed by atoms with Crippen molar-refractivity contribution in [2.24, 2.45) is 5.92 Å². The van der Waals surface area contributed by atoms with Crippen molar-refractivity contribution < 1.29 is 19.1 Å². The van der Waals surface area contributed by atoms with Crippen LogP contribution in [0, 0.1) is 5.92 Å². The number of carbonyl (C=O) groups is 2. The molecule has 0 aliphatic heterocycles. The first-order valence-electron chi connectivity index (χ1n) is 6.90. The molecule has 20 heavy (non-hydrogen) atoms. The summed E-state index contributed by atoms with van der Waals surface area (Å²) in [6.45, 7) is 7.77. The third-order valence-corrected chi connectivity index (χ3v) is 3.18. The van der Waals surface area contributed by atoms with E-state index in [9.17, 15) is 9.59 Å². The molecule has 5 heteroatoms. The average molecular weight is 281 g/mol. The number of carbonyl (C=O) groups excluding carboxylic acids is 2. The summed E-state index contributed by atoms with van der Waals surface area (Å²) < 4.78 is 10.6. The van der Waals surface area contributed by atoms with Gasteiger partial charge in [0.15, 0.2) is 0 Å². The fraction of sp³-hybridized carbons (Fsp3) is 0.600. The third kappa shape index (κ3) is 5.57. The van der Waals surface area contributed by atoms with Crippen LogP contribution in [0.15, 0.2) is 24.3 Å². The van der Waals surface area contributed by atoms with E-state index in [4.69, 9.17) is 9.47 Å². The highest BCUT2D eigenvalue weighted by Crippen LogP contribution is 2.31. The first kappa shape index (κ1) is 16.4. The molecule has 0 aromatic heterocycles. The highest BCUT2D eigenvalue weighted by Gasteiger charge is 2.36. The molecule has 1 fully saturated rings. The van der Waals surface area contributed by atoms with Crippen molar-refractivity contribution in [2.45, 2.75) is 39.2 Å². The topological polar surface area (TPSA) is 64.6 Å². The molecule has 1 rings (SSSR count). The van der Waals surface area contributed by atoms with Crippen LogP contribution in [0.25, 0.3) is 0 Å². The molecule has 0 unspecified atom stereocenters. The van der Waals surface area contributed by atoms with Crippen molar-refractivity contribution in [1.82, 2.24) is 5.32 Å². The molecule has 112 valence electrons. The molecule has 1 N–H and O–H groups in total. The van der Waals surface area contributed by atoms with Crippen molar-refractivity contribution in [1.29, 1.82) is 0 Å². The van der Waals surface area contributed by atoms with Gasteiger partial charge in [0.2, 0.25) is 5.91 Å². The second-order valence-corrected chi connectivity index (χ2v) is 4.91. The van der Waals surface area contributed by atoms with Gasteiger partial charge < -0.3 is 14.8 Å². The summed E-state index contributed by atoms with van der Waals surface area (Å²) in [6.07, 6.45) is 5.28. The second kappa shape index (κ2) is 8.53. The Kier molecular flexibility index (Phi) is 7.01. The van der Waals surface area contributed by atoms with Crippen molar-refractivity contribution in [3.63, 3.8) is 0 Å². The van der Waals surface area contributed by atoms with Crippen LogP contribution in [-0.2, 0) is 19.1 Å². The summed E-state index contributed by atoms with van der Waals surface area (Å²) in [5, 5.41) is 2.64. The van der Waals surface area contributed by atoms with Gasteiger partial charge in [-0.05, 0) is 25.3 Å². The van der Waals surface area contributed by atoms with Crippen LogP contribution in [-0.4, -0.2) is 31.3 Å². The van der Waals surface area contributed by atoms with Crippen LogP contribution >= 0.6 is 0 Å². The molecule has 0 spiro atoms. The molecule has 0 saturated heterocycles. The highest BCUT2D eigenvalue weighted by atomic mass is 16.5. The van der Waals surface area contributed by atoms with E-state index < -0.39 is 0 Å². The maximum Gasteiger partial charge on any atom is 0.309 e. The summed E-state index contributed by atoms with van der Waals surface area (Å²) >= 11 is 0. The van der Waals surface area contributed by atoms with Crippen LogP contribution in [0.5, 0.6) is 0 Å². The lowest BCUT2D eigenvalue weighted by Crippen LogP contribution is -2.40. The highest BCUT2D eigenvalue weighted by molar-refractivity contribution is 5.75. The quantitative estimate of drug-likeness (QED) is 0.419. The van der Waals surface area contributed by atoms with Gasteiger partial charge in [-0.15, -0.1) is 0 Å². The molecule has 1 saturated carbocycles. The van der Waals surface area contributed by atoms with Crippen LogP contribution in [0.3, 0.4) is 0 Å². The monoisotopic (exact) mass is 281 g/mol. The van der Waals surface area contributed by atoms with Gasteiger partial charge in [-0.3, -0.25) is 9.59 Å². The van der Waals surface area contributed by atoms with E-state index in [-0.39, 0.29) is 30.6 Å². The Morgan fingerprint density at radius 1 is 1.40 bits per heavy atom. The molecule has 0 aromatic rings. The third-order valence-electron chi connectivity index (χ3n) is 3.18. The first-order valence-corrected chi connectivity index (χ1v) is 6.90. The molecular weight excluding hydrogens is 258 g/mol. The number of amides is 1. The Morgan fingerprint density at radius 2 is 2.10 bits per heavy atom. The normalized spacial score (nSPS) is 21.8. The second-order valence-electron chi connectivity index (χ2n) is 4.91. The van der Waals surface area contributed by atoms with Gasteiger partial charge in [0.05, 0.1) is 12.0 Å². The minimum atomic E-state index is -0.181. The number of ether oxygens (including phenoxy) is 2. The zero-order valence-corrected chi connectivity index (χ0v) is 12.2. The van der Waals surface area contributed by atoms with E-state index in [1.54, 1.807) is 13.0 Å². The molecule has 0 aromatic carbocycles. The van der Waals surface area contributed by atoms with Crippen LogP contribution < -0.4 is 5.32 Å². The lowest BCUT2D eigenvalue weighted by atomic mass is 9.82. The lowest BCUT2D eigenvalue weighted by Gasteiger charge is -2.33. The maximum atomic E-state index is 11.7. The Balaban J connectivity index is 2.11. The van der Waals surface area contributed by atoms with E-state index in [0.717, 1.165) is 5.57 Å². The Bertz CT molecular complexity index is 383. The summed E-state index contributed by atoms with van der Waals surface area (Å²) in [4.78, 5) is 22.7. The predicted octanol–water partition coefficient (Wildman–Crippen LogP) is 1.94. The van der Waals surface area contributed by atoms with E-state index in [1.165, 1.54) is 0 Å². The fourth-order valence-electron chi connectivity index (χ4n) is 1.81. The number of allylic oxidation sites excluding steroid dienone is 2. The number of nitrogens with one attached hydrogen (secondary N) is 1. The van der Waals surface area contributed by atoms with Crippen LogP contribution in [0.1, 0.15) is 33.1 Å². The van der Waals surface area contributed by atoms with Gasteiger partial charge in [-0.2, -0.15) is 0 Å². The summed E-state index contributed by atoms with van der Waals surface area (Å²) in [5.74, 6) is -0.303. The molecular formula is C15H23NO4. The first-order chi connectivity index (χ1) is 9.56. The molecule has 5 nitrogen and oxygen atoms in total. The number of hydrogen-bond acceptors (Lipinski definition) is 4.